The van der Waals surface area contributed by atoms with E-state index in [2.05, 4.69) is 27.4 Å². The summed E-state index contributed by atoms with van der Waals surface area (Å²) in [4.78, 5) is 9.16. The first-order valence-corrected chi connectivity index (χ1v) is 10.7. The van der Waals surface area contributed by atoms with Gasteiger partial charge in [0.15, 0.2) is 6.04 Å². The van der Waals surface area contributed by atoms with E-state index in [4.69, 9.17) is 4.74 Å². The highest BCUT2D eigenvalue weighted by molar-refractivity contribution is 7.09. The molecule has 1 aromatic heterocycles. The maximum Gasteiger partial charge on any atom is 0.412 e. The number of aliphatic imine (C=N–C) groups is 1. The Labute approximate surface area is 172 Å². The number of likely N-dealkylation sites (tertiary alicyclic amines) is 1. The van der Waals surface area contributed by atoms with Crippen LogP contribution in [0.25, 0.3) is 0 Å². The number of nitrogens with zero attached hydrogens (tertiary/aromatic N) is 3. The van der Waals surface area contributed by atoms with Gasteiger partial charge >= 0.3 is 6.18 Å². The summed E-state index contributed by atoms with van der Waals surface area (Å²) in [6.07, 6.45) is -2.41. The summed E-state index contributed by atoms with van der Waals surface area (Å²) in [5.74, 6) is 0.333. The van der Waals surface area contributed by atoms with Crippen molar-refractivity contribution >= 4 is 23.0 Å². The fraction of sp³-hybridized carbons (Fsp3) is 0.476. The molecule has 2 aromatic rings. The van der Waals surface area contributed by atoms with Gasteiger partial charge in [0.05, 0.1) is 13.2 Å². The zero-order valence-corrected chi connectivity index (χ0v) is 16.8. The second-order valence-electron chi connectivity index (χ2n) is 7.53. The molecule has 4 rings (SSSR count). The van der Waals surface area contributed by atoms with E-state index < -0.39 is 12.2 Å². The highest BCUT2D eigenvalue weighted by Crippen LogP contribution is 2.31. The number of benzene rings is 1. The summed E-state index contributed by atoms with van der Waals surface area (Å²) in [6, 6.07) is 11.5. The van der Waals surface area contributed by atoms with Crippen LogP contribution in [0.2, 0.25) is 0 Å². The van der Waals surface area contributed by atoms with E-state index in [9.17, 15) is 13.2 Å². The van der Waals surface area contributed by atoms with E-state index in [1.54, 1.807) is 35.6 Å². The number of para-hydroxylation sites is 1. The van der Waals surface area contributed by atoms with Crippen LogP contribution in [0.5, 0.6) is 0 Å². The predicted octanol–water partition coefficient (Wildman–Crippen LogP) is 4.78. The first kappa shape index (κ1) is 20.2. The highest BCUT2D eigenvalue weighted by atomic mass is 32.1. The smallest absolute Gasteiger partial charge is 0.412 e. The standard InChI is InChI=1S/C21H24F3N3OS/c22-21(23,24)19-14-27(17-5-2-1-3-6-17)20(25-19)28-15-16-8-10-26(11-9-16)13-18-7-4-12-29-18/h1-7,12,16,19H,8-11,13-15H2. The zero-order valence-electron chi connectivity index (χ0n) is 16.0. The van der Waals surface area contributed by atoms with Crippen LogP contribution >= 0.6 is 11.3 Å². The predicted molar refractivity (Wildman–Crippen MR) is 109 cm³/mol. The largest absolute Gasteiger partial charge is 0.465 e. The first-order chi connectivity index (χ1) is 14.0. The topological polar surface area (TPSA) is 28.1 Å². The normalized spacial score (nSPS) is 21.4. The van der Waals surface area contributed by atoms with E-state index in [0.717, 1.165) is 32.5 Å². The third-order valence-electron chi connectivity index (χ3n) is 5.41. The Kier molecular flexibility index (Phi) is 6.10. The fourth-order valence-corrected chi connectivity index (χ4v) is 4.48. The lowest BCUT2D eigenvalue weighted by Gasteiger charge is -2.32. The summed E-state index contributed by atoms with van der Waals surface area (Å²) in [6.45, 7) is 3.09. The highest BCUT2D eigenvalue weighted by Gasteiger charge is 2.46. The van der Waals surface area contributed by atoms with Gasteiger partial charge in [-0.3, -0.25) is 9.80 Å². The van der Waals surface area contributed by atoms with Gasteiger partial charge < -0.3 is 4.74 Å². The molecule has 0 bridgehead atoms. The van der Waals surface area contributed by atoms with Crippen molar-refractivity contribution in [2.75, 3.05) is 31.1 Å². The molecule has 156 valence electrons. The molecular weight excluding hydrogens is 399 g/mol. The first-order valence-electron chi connectivity index (χ1n) is 9.83. The molecule has 0 N–H and O–H groups in total. The van der Waals surface area contributed by atoms with Crippen molar-refractivity contribution in [2.45, 2.75) is 31.6 Å². The van der Waals surface area contributed by atoms with Crippen molar-refractivity contribution in [3.05, 3.63) is 52.7 Å². The minimum absolute atomic E-state index is 0.0829. The average Bonchev–Trinajstić information content (AvgIpc) is 3.38. The summed E-state index contributed by atoms with van der Waals surface area (Å²) in [5, 5.41) is 2.09. The number of halogens is 3. The number of anilines is 1. The van der Waals surface area contributed by atoms with Crippen molar-refractivity contribution in [3.8, 4) is 0 Å². The van der Waals surface area contributed by atoms with Crippen molar-refractivity contribution in [3.63, 3.8) is 0 Å². The third-order valence-corrected chi connectivity index (χ3v) is 6.27. The number of thiophene rings is 1. The zero-order chi connectivity index (χ0) is 20.3. The van der Waals surface area contributed by atoms with E-state index in [0.29, 0.717) is 18.2 Å². The minimum atomic E-state index is -4.37. The van der Waals surface area contributed by atoms with Crippen LogP contribution in [0.4, 0.5) is 18.9 Å². The number of hydrogen-bond donors (Lipinski definition) is 0. The number of amidine groups is 1. The van der Waals surface area contributed by atoms with Crippen LogP contribution in [-0.2, 0) is 11.3 Å². The van der Waals surface area contributed by atoms with Gasteiger partial charge in [-0.2, -0.15) is 13.2 Å². The summed E-state index contributed by atoms with van der Waals surface area (Å²) in [5.41, 5.74) is 0.670. The summed E-state index contributed by atoms with van der Waals surface area (Å²) in [7, 11) is 0. The van der Waals surface area contributed by atoms with Gasteiger partial charge in [0, 0.05) is 17.1 Å². The Balaban J connectivity index is 1.33. The molecule has 0 amide bonds. The van der Waals surface area contributed by atoms with Crippen LogP contribution in [-0.4, -0.2) is 49.4 Å². The molecule has 1 fully saturated rings. The molecule has 1 saturated heterocycles. The second kappa shape index (κ2) is 8.75. The molecule has 0 aliphatic carbocycles. The van der Waals surface area contributed by atoms with Crippen LogP contribution in [0.3, 0.4) is 0 Å². The molecule has 29 heavy (non-hydrogen) atoms. The lowest BCUT2D eigenvalue weighted by molar-refractivity contribution is -0.143. The Morgan fingerprint density at radius 3 is 2.48 bits per heavy atom. The molecule has 2 aliphatic rings. The average molecular weight is 424 g/mol. The monoisotopic (exact) mass is 423 g/mol. The number of alkyl halides is 3. The molecule has 1 unspecified atom stereocenters. The molecule has 4 nitrogen and oxygen atoms in total. The van der Waals surface area contributed by atoms with Gasteiger partial charge in [-0.1, -0.05) is 24.3 Å². The van der Waals surface area contributed by atoms with Crippen LogP contribution in [0.15, 0.2) is 52.8 Å². The van der Waals surface area contributed by atoms with Crippen LogP contribution in [0, 0.1) is 5.92 Å². The quantitative estimate of drug-likeness (QED) is 0.693. The van der Waals surface area contributed by atoms with Crippen molar-refractivity contribution in [1.29, 1.82) is 0 Å². The van der Waals surface area contributed by atoms with Crippen molar-refractivity contribution in [2.24, 2.45) is 10.9 Å². The van der Waals surface area contributed by atoms with E-state index in [1.807, 2.05) is 6.07 Å². The Morgan fingerprint density at radius 2 is 1.83 bits per heavy atom. The Bertz CT molecular complexity index is 802. The minimum Gasteiger partial charge on any atom is -0.465 e. The SMILES string of the molecule is FC(F)(F)C1CN(c2ccccc2)C(OCC2CCN(Cc3cccs3)CC2)=N1. The van der Waals surface area contributed by atoms with E-state index in [1.165, 1.54) is 9.78 Å². The number of piperidine rings is 1. The number of hydrogen-bond acceptors (Lipinski definition) is 5. The molecule has 0 saturated carbocycles. The molecule has 8 heteroatoms. The Hall–Kier alpha value is -2.06. The molecule has 2 aliphatic heterocycles. The Morgan fingerprint density at radius 1 is 1.07 bits per heavy atom. The second-order valence-corrected chi connectivity index (χ2v) is 8.56. The van der Waals surface area contributed by atoms with Gasteiger partial charge in [0.25, 0.3) is 6.02 Å². The fourth-order valence-electron chi connectivity index (χ4n) is 3.74. The maximum absolute atomic E-state index is 13.2. The van der Waals surface area contributed by atoms with Gasteiger partial charge in [-0.15, -0.1) is 11.3 Å². The lowest BCUT2D eigenvalue weighted by Crippen LogP contribution is -2.37. The van der Waals surface area contributed by atoms with Gasteiger partial charge in [0.2, 0.25) is 0 Å². The molecule has 3 heterocycles. The number of rotatable bonds is 5. The van der Waals surface area contributed by atoms with Gasteiger partial charge in [-0.25, -0.2) is 4.99 Å². The van der Waals surface area contributed by atoms with Crippen molar-refractivity contribution < 1.29 is 17.9 Å². The summed E-state index contributed by atoms with van der Waals surface area (Å²) >= 11 is 1.77. The molecule has 1 aromatic carbocycles. The van der Waals surface area contributed by atoms with Crippen LogP contribution < -0.4 is 4.90 Å². The van der Waals surface area contributed by atoms with Crippen molar-refractivity contribution in [1.82, 2.24) is 4.90 Å². The molecule has 0 radical (unpaired) electrons. The van der Waals surface area contributed by atoms with Gasteiger partial charge in [-0.05, 0) is 55.4 Å². The number of ether oxygens (including phenoxy) is 1. The third kappa shape index (κ3) is 5.11. The maximum atomic E-state index is 13.2. The molecule has 0 spiro atoms. The molecule has 1 atom stereocenters. The van der Waals surface area contributed by atoms with E-state index >= 15 is 0 Å². The molecular formula is C21H24F3N3OS. The van der Waals surface area contributed by atoms with Gasteiger partial charge in [0.1, 0.15) is 0 Å². The van der Waals surface area contributed by atoms with Crippen LogP contribution in [0.1, 0.15) is 17.7 Å². The lowest BCUT2D eigenvalue weighted by atomic mass is 9.98. The summed E-state index contributed by atoms with van der Waals surface area (Å²) < 4.78 is 45.5. The van der Waals surface area contributed by atoms with E-state index in [-0.39, 0.29) is 12.6 Å².